The van der Waals surface area contributed by atoms with Crippen molar-refractivity contribution in [2.45, 2.75) is 52.6 Å². The van der Waals surface area contributed by atoms with Gasteiger partial charge in [-0.1, -0.05) is 20.8 Å². The summed E-state index contributed by atoms with van der Waals surface area (Å²) in [5.74, 6) is 0.313. The van der Waals surface area contributed by atoms with Crippen LogP contribution in [0.25, 0.3) is 10.9 Å². The Balaban J connectivity index is 2.28. The number of fused-ring (bicyclic) bond motifs is 1. The molecule has 1 amide bonds. The zero-order valence-corrected chi connectivity index (χ0v) is 14.2. The third kappa shape index (κ3) is 4.03. The highest BCUT2D eigenvalue weighted by molar-refractivity contribution is 5.86. The van der Waals surface area contributed by atoms with Gasteiger partial charge in [0, 0.05) is 36.5 Å². The van der Waals surface area contributed by atoms with Gasteiger partial charge in [0.1, 0.15) is 5.75 Å². The minimum absolute atomic E-state index is 0.0173. The van der Waals surface area contributed by atoms with Crippen molar-refractivity contribution < 1.29 is 13.9 Å². The van der Waals surface area contributed by atoms with Crippen LogP contribution in [0.4, 0.5) is 4.39 Å². The van der Waals surface area contributed by atoms with E-state index in [0.717, 1.165) is 17.4 Å². The summed E-state index contributed by atoms with van der Waals surface area (Å²) in [5.41, 5.74) is 1.45. The highest BCUT2D eigenvalue weighted by Gasteiger charge is 2.16. The third-order valence-electron chi connectivity index (χ3n) is 4.12. The first kappa shape index (κ1) is 17.3. The molecule has 5 heteroatoms. The number of benzene rings is 1. The molecule has 23 heavy (non-hydrogen) atoms. The summed E-state index contributed by atoms with van der Waals surface area (Å²) >= 11 is 0. The van der Waals surface area contributed by atoms with Crippen LogP contribution in [0, 0.1) is 5.82 Å². The monoisotopic (exact) mass is 320 g/mol. The van der Waals surface area contributed by atoms with E-state index < -0.39 is 0 Å². The molecule has 126 valence electrons. The van der Waals surface area contributed by atoms with E-state index in [1.54, 1.807) is 0 Å². The number of hydrogen-bond acceptors (Lipinski definition) is 2. The molecule has 4 nitrogen and oxygen atoms in total. The fraction of sp³-hybridized carbons (Fsp3) is 0.500. The van der Waals surface area contributed by atoms with E-state index in [1.807, 2.05) is 40.0 Å². The largest absolute Gasteiger partial charge is 0.491 e. The predicted octanol–water partition coefficient (Wildman–Crippen LogP) is 4.11. The van der Waals surface area contributed by atoms with E-state index in [2.05, 4.69) is 10.3 Å². The van der Waals surface area contributed by atoms with Gasteiger partial charge < -0.3 is 15.0 Å². The zero-order valence-electron chi connectivity index (χ0n) is 14.2. The number of aromatic nitrogens is 1. The fourth-order valence-corrected chi connectivity index (χ4v) is 2.48. The van der Waals surface area contributed by atoms with Gasteiger partial charge >= 0.3 is 0 Å². The molecule has 0 spiro atoms. The summed E-state index contributed by atoms with van der Waals surface area (Å²) < 4.78 is 20.0. The molecule has 0 saturated carbocycles. The smallest absolute Gasteiger partial charge is 0.219 e. The van der Waals surface area contributed by atoms with E-state index >= 15 is 0 Å². The molecule has 0 aliphatic rings. The molecule has 0 fully saturated rings. The van der Waals surface area contributed by atoms with Crippen LogP contribution in [-0.2, 0) is 4.79 Å². The maximum Gasteiger partial charge on any atom is 0.219 e. The minimum atomic E-state index is -0.322. The molecule has 2 N–H and O–H groups in total. The van der Waals surface area contributed by atoms with Gasteiger partial charge in [-0.15, -0.1) is 0 Å². The lowest BCUT2D eigenvalue weighted by molar-refractivity contribution is -0.120. The van der Waals surface area contributed by atoms with Crippen LogP contribution in [-0.4, -0.2) is 23.5 Å². The Morgan fingerprint density at radius 1 is 1.35 bits per heavy atom. The van der Waals surface area contributed by atoms with Crippen LogP contribution in [0.5, 0.6) is 5.75 Å². The van der Waals surface area contributed by atoms with E-state index in [4.69, 9.17) is 4.74 Å². The first-order valence-electron chi connectivity index (χ1n) is 8.20. The molecular formula is C18H25FN2O2. The number of rotatable bonds is 7. The lowest BCUT2D eigenvalue weighted by Crippen LogP contribution is -2.26. The van der Waals surface area contributed by atoms with Crippen molar-refractivity contribution in [2.24, 2.45) is 0 Å². The zero-order chi connectivity index (χ0) is 17.0. The van der Waals surface area contributed by atoms with Crippen LogP contribution in [0.15, 0.2) is 18.3 Å². The second kappa shape index (κ2) is 7.49. The van der Waals surface area contributed by atoms with Crippen molar-refractivity contribution in [3.05, 3.63) is 29.7 Å². The van der Waals surface area contributed by atoms with E-state index in [-0.39, 0.29) is 23.7 Å². The van der Waals surface area contributed by atoms with Crippen molar-refractivity contribution in [1.82, 2.24) is 10.3 Å². The highest BCUT2D eigenvalue weighted by atomic mass is 19.1. The molecule has 0 saturated heterocycles. The summed E-state index contributed by atoms with van der Waals surface area (Å²) in [4.78, 5) is 14.4. The Morgan fingerprint density at radius 2 is 2.09 bits per heavy atom. The Bertz CT molecular complexity index is 681. The number of ether oxygens (including phenoxy) is 1. The molecule has 2 rings (SSSR count). The molecule has 1 heterocycles. The van der Waals surface area contributed by atoms with Crippen LogP contribution < -0.4 is 10.1 Å². The molecule has 0 radical (unpaired) electrons. The molecule has 2 aromatic rings. The van der Waals surface area contributed by atoms with E-state index in [0.29, 0.717) is 24.2 Å². The van der Waals surface area contributed by atoms with Crippen molar-refractivity contribution in [3.63, 3.8) is 0 Å². The average Bonchev–Trinajstić information content (AvgIpc) is 2.96. The Hall–Kier alpha value is -2.04. The van der Waals surface area contributed by atoms with Crippen molar-refractivity contribution in [1.29, 1.82) is 0 Å². The van der Waals surface area contributed by atoms with Crippen LogP contribution in [0.3, 0.4) is 0 Å². The molecule has 1 aromatic carbocycles. The number of carbonyl (C=O) groups is 1. The molecule has 2 unspecified atom stereocenters. The van der Waals surface area contributed by atoms with Gasteiger partial charge in [0.25, 0.3) is 0 Å². The number of aromatic amines is 1. The number of hydrogen-bond donors (Lipinski definition) is 2. The minimum Gasteiger partial charge on any atom is -0.491 e. The summed E-state index contributed by atoms with van der Waals surface area (Å²) in [7, 11) is 0. The molecule has 0 aliphatic heterocycles. The van der Waals surface area contributed by atoms with Crippen LogP contribution >= 0.6 is 0 Å². The molecular weight excluding hydrogens is 295 g/mol. The molecule has 0 aliphatic carbocycles. The normalized spacial score (nSPS) is 13.8. The number of amides is 1. The molecule has 1 aromatic heterocycles. The van der Waals surface area contributed by atoms with E-state index in [9.17, 15) is 9.18 Å². The maximum atomic E-state index is 14.3. The predicted molar refractivity (Wildman–Crippen MR) is 90.4 cm³/mol. The highest BCUT2D eigenvalue weighted by Crippen LogP contribution is 2.31. The first-order chi connectivity index (χ1) is 11.0. The first-order valence-corrected chi connectivity index (χ1v) is 8.20. The van der Waals surface area contributed by atoms with Gasteiger partial charge in [-0.25, -0.2) is 4.39 Å². The number of nitrogens with one attached hydrogen (secondary N) is 2. The van der Waals surface area contributed by atoms with Crippen LogP contribution in [0.1, 0.15) is 52.0 Å². The van der Waals surface area contributed by atoms with E-state index in [1.165, 1.54) is 6.07 Å². The standard InChI is InChI=1S/C18H25FN2O2/c1-5-12(4)23-13-7-14-15(10-21-18(14)16(19)8-13)11(3)9-20-17(22)6-2/h7-8,10-12,21H,5-6,9H2,1-4H3,(H,20,22). The number of carbonyl (C=O) groups excluding carboxylic acids is 1. The topological polar surface area (TPSA) is 54.1 Å². The average molecular weight is 320 g/mol. The third-order valence-corrected chi connectivity index (χ3v) is 4.12. The summed E-state index contributed by atoms with van der Waals surface area (Å²) in [6.07, 6.45) is 3.17. The number of H-pyrrole nitrogens is 1. The second-order valence-corrected chi connectivity index (χ2v) is 5.97. The van der Waals surface area contributed by atoms with Crippen LogP contribution in [0.2, 0.25) is 0 Å². The molecule has 2 atom stereocenters. The summed E-state index contributed by atoms with van der Waals surface area (Å²) in [6, 6.07) is 3.28. The Morgan fingerprint density at radius 3 is 2.74 bits per heavy atom. The second-order valence-electron chi connectivity index (χ2n) is 5.97. The quantitative estimate of drug-likeness (QED) is 0.806. The summed E-state index contributed by atoms with van der Waals surface area (Å²) in [6.45, 7) is 8.35. The van der Waals surface area contributed by atoms with Gasteiger partial charge in [-0.3, -0.25) is 4.79 Å². The van der Waals surface area contributed by atoms with Gasteiger partial charge in [0.05, 0.1) is 11.6 Å². The SMILES string of the molecule is CCC(=O)NCC(C)c1c[nH]c2c(F)cc(OC(C)CC)cc12. The van der Waals surface area contributed by atoms with Gasteiger partial charge in [-0.2, -0.15) is 0 Å². The fourth-order valence-electron chi connectivity index (χ4n) is 2.48. The van der Waals surface area contributed by atoms with Crippen molar-refractivity contribution >= 4 is 16.8 Å². The van der Waals surface area contributed by atoms with Crippen molar-refractivity contribution in [2.75, 3.05) is 6.54 Å². The number of halogens is 1. The van der Waals surface area contributed by atoms with Crippen molar-refractivity contribution in [3.8, 4) is 5.75 Å². The van der Waals surface area contributed by atoms with Gasteiger partial charge in [-0.05, 0) is 25.0 Å². The maximum absolute atomic E-state index is 14.3. The summed E-state index contributed by atoms with van der Waals surface area (Å²) in [5, 5.41) is 3.68. The lowest BCUT2D eigenvalue weighted by Gasteiger charge is -2.14. The van der Waals surface area contributed by atoms with Gasteiger partial charge in [0.15, 0.2) is 5.82 Å². The Kier molecular flexibility index (Phi) is 5.64. The lowest BCUT2D eigenvalue weighted by atomic mass is 10.00. The Labute approximate surface area is 136 Å². The van der Waals surface area contributed by atoms with Gasteiger partial charge in [0.2, 0.25) is 5.91 Å². The molecule has 0 bridgehead atoms.